The summed E-state index contributed by atoms with van der Waals surface area (Å²) in [7, 11) is 0. The average molecular weight is 383 g/mol. The summed E-state index contributed by atoms with van der Waals surface area (Å²) in [6.07, 6.45) is 6.21. The highest BCUT2D eigenvalue weighted by molar-refractivity contribution is 5.83. The number of hydrogen-bond acceptors (Lipinski definition) is 7. The largest absolute Gasteiger partial charge is 0.464 e. The summed E-state index contributed by atoms with van der Waals surface area (Å²) in [5.41, 5.74) is 1.66. The third kappa shape index (κ3) is 3.16. The van der Waals surface area contributed by atoms with Gasteiger partial charge in [-0.2, -0.15) is 0 Å². The van der Waals surface area contributed by atoms with E-state index in [-0.39, 0.29) is 12.1 Å². The van der Waals surface area contributed by atoms with Crippen LogP contribution in [0.4, 0.5) is 5.82 Å². The van der Waals surface area contributed by atoms with Crippen LogP contribution in [-0.2, 0) is 11.3 Å². The quantitative estimate of drug-likeness (QED) is 0.724. The van der Waals surface area contributed by atoms with E-state index in [1.165, 1.54) is 0 Å². The molecule has 0 amide bonds. The van der Waals surface area contributed by atoms with Crippen molar-refractivity contribution in [2.24, 2.45) is 5.92 Å². The normalized spacial score (nSPS) is 25.2. The molecule has 0 aromatic carbocycles. The van der Waals surface area contributed by atoms with Gasteiger partial charge in [-0.25, -0.2) is 15.0 Å². The molecule has 0 spiro atoms. The van der Waals surface area contributed by atoms with E-state index in [4.69, 9.17) is 9.15 Å². The maximum atomic E-state index is 9.49. The van der Waals surface area contributed by atoms with Crippen LogP contribution in [0, 0.1) is 12.8 Å². The summed E-state index contributed by atoms with van der Waals surface area (Å²) in [6, 6.07) is 3.96. The summed E-state index contributed by atoms with van der Waals surface area (Å²) in [5.74, 6) is 3.19. The Balaban J connectivity index is 1.43. The number of ether oxygens (including phenoxy) is 1. The van der Waals surface area contributed by atoms with E-state index in [9.17, 15) is 5.11 Å². The van der Waals surface area contributed by atoms with Crippen LogP contribution in [0.2, 0.25) is 0 Å². The highest BCUT2D eigenvalue weighted by atomic mass is 16.5. The molecule has 1 aliphatic carbocycles. The smallest absolute Gasteiger partial charge is 0.165 e. The van der Waals surface area contributed by atoms with Crippen LogP contribution < -0.4 is 4.90 Å². The number of aromatic nitrogens is 4. The minimum Gasteiger partial charge on any atom is -0.464 e. The Kier molecular flexibility index (Phi) is 4.52. The van der Waals surface area contributed by atoms with Gasteiger partial charge in [0.1, 0.15) is 23.9 Å². The van der Waals surface area contributed by atoms with Crippen LogP contribution >= 0.6 is 0 Å². The number of hydrogen-bond donors (Lipinski definition) is 1. The molecule has 2 fully saturated rings. The number of imidazole rings is 1. The van der Waals surface area contributed by atoms with Gasteiger partial charge in [-0.3, -0.25) is 0 Å². The molecule has 1 unspecified atom stereocenters. The summed E-state index contributed by atoms with van der Waals surface area (Å²) in [4.78, 5) is 15.9. The van der Waals surface area contributed by atoms with E-state index in [1.807, 2.05) is 25.4 Å². The Morgan fingerprint density at radius 3 is 2.89 bits per heavy atom. The lowest BCUT2D eigenvalue weighted by Gasteiger charge is -2.35. The number of rotatable bonds is 5. The summed E-state index contributed by atoms with van der Waals surface area (Å²) in [6.45, 7) is 4.73. The molecule has 1 saturated heterocycles. The Morgan fingerprint density at radius 2 is 2.11 bits per heavy atom. The molecule has 4 heterocycles. The number of aryl methyl sites for hydroxylation is 2. The van der Waals surface area contributed by atoms with Gasteiger partial charge in [-0.1, -0.05) is 0 Å². The first-order valence-corrected chi connectivity index (χ1v) is 9.93. The SMILES string of the molecule is Cc1ccc(C2COCCN2c2ncnc3c2ncn3CCC2CC(O)C2)o1. The van der Waals surface area contributed by atoms with Crippen molar-refractivity contribution in [2.75, 3.05) is 24.7 Å². The molecular weight excluding hydrogens is 358 g/mol. The minimum atomic E-state index is -0.109. The molecule has 1 saturated carbocycles. The van der Waals surface area contributed by atoms with Gasteiger partial charge >= 0.3 is 0 Å². The van der Waals surface area contributed by atoms with Crippen LogP contribution in [-0.4, -0.2) is 50.5 Å². The summed E-state index contributed by atoms with van der Waals surface area (Å²) < 4.78 is 13.7. The van der Waals surface area contributed by atoms with Crippen molar-refractivity contribution >= 4 is 17.0 Å². The zero-order chi connectivity index (χ0) is 19.1. The predicted octanol–water partition coefficient (Wildman–Crippen LogP) is 2.47. The first-order valence-electron chi connectivity index (χ1n) is 9.93. The topological polar surface area (TPSA) is 89.4 Å². The standard InChI is InChI=1S/C20H25N5O3/c1-13-2-3-17(28-13)16-10-27-7-6-25(16)20-18-19(21-11-22-20)24(12-23-18)5-4-14-8-15(26)9-14/h2-3,11-12,14-16,26H,4-10H2,1H3. The second-order valence-electron chi connectivity index (χ2n) is 7.82. The molecule has 8 nitrogen and oxygen atoms in total. The molecule has 1 N–H and O–H groups in total. The number of fused-ring (bicyclic) bond motifs is 1. The molecule has 8 heteroatoms. The second-order valence-corrected chi connectivity index (χ2v) is 7.82. The summed E-state index contributed by atoms with van der Waals surface area (Å²) >= 11 is 0. The van der Waals surface area contributed by atoms with E-state index in [0.717, 1.165) is 60.9 Å². The van der Waals surface area contributed by atoms with Gasteiger partial charge in [0.05, 0.1) is 25.6 Å². The number of anilines is 1. The van der Waals surface area contributed by atoms with E-state index in [0.29, 0.717) is 19.1 Å². The third-order valence-electron chi connectivity index (χ3n) is 5.86. The van der Waals surface area contributed by atoms with E-state index in [2.05, 4.69) is 24.4 Å². The monoisotopic (exact) mass is 383 g/mol. The van der Waals surface area contributed by atoms with Gasteiger partial charge in [0.15, 0.2) is 17.0 Å². The average Bonchev–Trinajstić information content (AvgIpc) is 3.30. The van der Waals surface area contributed by atoms with Crippen LogP contribution in [0.15, 0.2) is 29.2 Å². The number of nitrogens with zero attached hydrogens (tertiary/aromatic N) is 5. The highest BCUT2D eigenvalue weighted by Crippen LogP contribution is 2.34. The van der Waals surface area contributed by atoms with Crippen molar-refractivity contribution in [2.45, 2.75) is 44.9 Å². The van der Waals surface area contributed by atoms with Crippen molar-refractivity contribution in [1.82, 2.24) is 19.5 Å². The number of morpholine rings is 1. The first kappa shape index (κ1) is 17.6. The van der Waals surface area contributed by atoms with Gasteiger partial charge in [-0.05, 0) is 44.2 Å². The van der Waals surface area contributed by atoms with Crippen LogP contribution in [0.3, 0.4) is 0 Å². The third-order valence-corrected chi connectivity index (χ3v) is 5.86. The molecule has 3 aromatic rings. The molecule has 3 aromatic heterocycles. The molecule has 0 bridgehead atoms. The Morgan fingerprint density at radius 1 is 1.21 bits per heavy atom. The molecular formula is C20H25N5O3. The Bertz CT molecular complexity index is 962. The minimum absolute atomic E-state index is 0.0258. The van der Waals surface area contributed by atoms with Crippen LogP contribution in [0.5, 0.6) is 0 Å². The van der Waals surface area contributed by atoms with Gasteiger partial charge in [-0.15, -0.1) is 0 Å². The molecule has 1 atom stereocenters. The molecule has 28 heavy (non-hydrogen) atoms. The maximum Gasteiger partial charge on any atom is 0.165 e. The first-order chi connectivity index (χ1) is 13.7. The molecule has 1 aliphatic heterocycles. The van der Waals surface area contributed by atoms with Gasteiger partial charge < -0.3 is 23.7 Å². The Hall–Kier alpha value is -2.45. The molecule has 2 aliphatic rings. The zero-order valence-electron chi connectivity index (χ0n) is 16.0. The van der Waals surface area contributed by atoms with Crippen molar-refractivity contribution in [3.8, 4) is 0 Å². The Labute approximate surface area is 163 Å². The van der Waals surface area contributed by atoms with E-state index < -0.39 is 0 Å². The lowest BCUT2D eigenvalue weighted by atomic mass is 9.80. The van der Waals surface area contributed by atoms with Gasteiger partial charge in [0.25, 0.3) is 0 Å². The van der Waals surface area contributed by atoms with Crippen LogP contribution in [0.1, 0.15) is 36.8 Å². The lowest BCUT2D eigenvalue weighted by molar-refractivity contribution is 0.0374. The van der Waals surface area contributed by atoms with Gasteiger partial charge in [0.2, 0.25) is 0 Å². The fraction of sp³-hybridized carbons (Fsp3) is 0.550. The second kappa shape index (κ2) is 7.18. The maximum absolute atomic E-state index is 9.49. The highest BCUT2D eigenvalue weighted by Gasteiger charge is 2.31. The number of furan rings is 1. The fourth-order valence-corrected chi connectivity index (χ4v) is 4.23. The van der Waals surface area contributed by atoms with Crippen molar-refractivity contribution in [3.05, 3.63) is 36.3 Å². The predicted molar refractivity (Wildman–Crippen MR) is 103 cm³/mol. The van der Waals surface area contributed by atoms with E-state index in [1.54, 1.807) is 6.33 Å². The van der Waals surface area contributed by atoms with Crippen molar-refractivity contribution < 1.29 is 14.3 Å². The molecule has 148 valence electrons. The lowest BCUT2D eigenvalue weighted by Crippen LogP contribution is -2.40. The zero-order valence-corrected chi connectivity index (χ0v) is 16.0. The van der Waals surface area contributed by atoms with Crippen molar-refractivity contribution in [1.29, 1.82) is 0 Å². The molecule has 5 rings (SSSR count). The van der Waals surface area contributed by atoms with Crippen LogP contribution in [0.25, 0.3) is 11.2 Å². The van der Waals surface area contributed by atoms with Crippen molar-refractivity contribution in [3.63, 3.8) is 0 Å². The number of aliphatic hydroxyl groups excluding tert-OH is 1. The van der Waals surface area contributed by atoms with Gasteiger partial charge in [0, 0.05) is 13.1 Å². The summed E-state index contributed by atoms with van der Waals surface area (Å²) in [5, 5.41) is 9.49. The van der Waals surface area contributed by atoms with E-state index >= 15 is 0 Å². The number of aliphatic hydroxyl groups is 1. The molecule has 0 radical (unpaired) electrons. The fourth-order valence-electron chi connectivity index (χ4n) is 4.23.